The molecule has 0 bridgehead atoms. The molecular formula is C26H29ClN2O7S2. The lowest BCUT2D eigenvalue weighted by atomic mass is 10.1. The number of carboxylic acids is 1. The van der Waals surface area contributed by atoms with Crippen molar-refractivity contribution in [3.63, 3.8) is 0 Å². The zero-order chi connectivity index (χ0) is 27.9. The van der Waals surface area contributed by atoms with E-state index in [0.717, 1.165) is 20.9 Å². The van der Waals surface area contributed by atoms with E-state index in [-0.39, 0.29) is 30.6 Å². The third kappa shape index (κ3) is 7.47. The summed E-state index contributed by atoms with van der Waals surface area (Å²) < 4.78 is 34.4. The van der Waals surface area contributed by atoms with Crippen LogP contribution in [0.1, 0.15) is 28.6 Å². The van der Waals surface area contributed by atoms with Crippen LogP contribution in [0.15, 0.2) is 48.5 Å². The van der Waals surface area contributed by atoms with E-state index in [1.807, 2.05) is 30.3 Å². The summed E-state index contributed by atoms with van der Waals surface area (Å²) >= 11 is 7.46. The number of carboxylic acid groups (broad SMARTS) is 1. The maximum Gasteiger partial charge on any atom is 0.317 e. The molecular weight excluding hydrogens is 552 g/mol. The number of fused-ring (bicyclic) bond motifs is 1. The summed E-state index contributed by atoms with van der Waals surface area (Å²) in [6.07, 6.45) is 0.405. The number of thiophene rings is 1. The highest BCUT2D eigenvalue weighted by molar-refractivity contribution is 7.91. The van der Waals surface area contributed by atoms with Crippen molar-refractivity contribution in [3.05, 3.63) is 64.0 Å². The molecule has 0 atom stereocenters. The first kappa shape index (κ1) is 29.4. The van der Waals surface area contributed by atoms with Gasteiger partial charge in [-0.25, -0.2) is 8.42 Å². The number of methoxy groups -OCH3 is 1. The van der Waals surface area contributed by atoms with Crippen LogP contribution in [0, 0.1) is 0 Å². The Labute approximate surface area is 230 Å². The van der Waals surface area contributed by atoms with Crippen LogP contribution in [-0.4, -0.2) is 57.2 Å². The standard InChI is InChI=1S/C24H24ClNO5S2.C2H5NO2/c1-3-33(28,29)12-4-11-31-20-10-9-19(14-21(20)30-2)26-15-17-13-22(32-23(17)24(26)27)16-5-7-18(25)8-6-16;3-1-2(4)5/h5-10,13-14H,3-4,11-12,15H2,1-2H3;1,3H2,(H,4,5). The van der Waals surface area contributed by atoms with Gasteiger partial charge in [0.05, 0.1) is 37.4 Å². The summed E-state index contributed by atoms with van der Waals surface area (Å²) in [7, 11) is -1.48. The monoisotopic (exact) mass is 580 g/mol. The number of anilines is 1. The first-order valence-corrected chi connectivity index (χ1v) is 14.7. The third-order valence-electron chi connectivity index (χ3n) is 5.64. The average molecular weight is 581 g/mol. The Bertz CT molecular complexity index is 1390. The van der Waals surface area contributed by atoms with Gasteiger partial charge in [-0.3, -0.25) is 9.59 Å². The molecule has 3 aromatic rings. The zero-order valence-corrected chi connectivity index (χ0v) is 23.4. The van der Waals surface area contributed by atoms with Crippen molar-refractivity contribution in [1.82, 2.24) is 0 Å². The van der Waals surface area contributed by atoms with Gasteiger partial charge in [0.15, 0.2) is 11.5 Å². The number of rotatable bonds is 10. The van der Waals surface area contributed by atoms with Gasteiger partial charge in [0.25, 0.3) is 5.91 Å². The molecule has 0 fully saturated rings. The normalized spacial score (nSPS) is 12.5. The maximum atomic E-state index is 13.1. The van der Waals surface area contributed by atoms with E-state index >= 15 is 0 Å². The van der Waals surface area contributed by atoms with Crippen LogP contribution in [-0.2, 0) is 21.2 Å². The molecule has 204 valence electrons. The van der Waals surface area contributed by atoms with Gasteiger partial charge in [-0.2, -0.15) is 0 Å². The van der Waals surface area contributed by atoms with E-state index in [1.165, 1.54) is 18.4 Å². The molecule has 1 amide bonds. The Balaban J connectivity index is 0.000000732. The van der Waals surface area contributed by atoms with Gasteiger partial charge in [-0.05, 0) is 47.9 Å². The molecule has 4 rings (SSSR count). The summed E-state index contributed by atoms with van der Waals surface area (Å²) in [5.74, 6) is 0.215. The number of halogens is 1. The van der Waals surface area contributed by atoms with Gasteiger partial charge in [0.2, 0.25) is 0 Å². The van der Waals surface area contributed by atoms with E-state index in [1.54, 1.807) is 24.0 Å². The number of nitrogens with zero attached hydrogens (tertiary/aromatic N) is 1. The van der Waals surface area contributed by atoms with Crippen molar-refractivity contribution in [2.24, 2.45) is 5.73 Å². The second-order valence-electron chi connectivity index (χ2n) is 8.23. The highest BCUT2D eigenvalue weighted by Crippen LogP contribution is 2.40. The molecule has 9 nitrogen and oxygen atoms in total. The Morgan fingerprint density at radius 2 is 1.84 bits per heavy atom. The molecule has 0 aliphatic carbocycles. The Morgan fingerprint density at radius 3 is 2.42 bits per heavy atom. The van der Waals surface area contributed by atoms with Crippen LogP contribution < -0.4 is 20.1 Å². The minimum atomic E-state index is -3.02. The van der Waals surface area contributed by atoms with Crippen molar-refractivity contribution in [2.75, 3.05) is 36.7 Å². The molecule has 38 heavy (non-hydrogen) atoms. The van der Waals surface area contributed by atoms with Crippen molar-refractivity contribution in [1.29, 1.82) is 0 Å². The molecule has 1 aromatic heterocycles. The summed E-state index contributed by atoms with van der Waals surface area (Å²) in [6, 6.07) is 15.0. The van der Waals surface area contributed by atoms with Gasteiger partial charge in [0.1, 0.15) is 9.84 Å². The number of hydrogen-bond donors (Lipinski definition) is 2. The average Bonchev–Trinajstić information content (AvgIpc) is 3.46. The van der Waals surface area contributed by atoms with Gasteiger partial charge in [-0.15, -0.1) is 11.3 Å². The van der Waals surface area contributed by atoms with Crippen molar-refractivity contribution in [2.45, 2.75) is 19.9 Å². The quantitative estimate of drug-likeness (QED) is 0.335. The first-order chi connectivity index (χ1) is 18.1. The summed E-state index contributed by atoms with van der Waals surface area (Å²) in [4.78, 5) is 25.8. The number of carbonyl (C=O) groups is 2. The molecule has 0 spiro atoms. The first-order valence-electron chi connectivity index (χ1n) is 11.7. The SMILES string of the molecule is CCS(=O)(=O)CCCOc1ccc(N2Cc3cc(-c4ccc(Cl)cc4)sc3C2=O)cc1OC.NCC(=O)O. The second-order valence-corrected chi connectivity index (χ2v) is 12.2. The number of nitrogens with two attached hydrogens (primary N) is 1. The number of aliphatic carboxylic acids is 1. The number of ether oxygens (including phenoxy) is 2. The third-order valence-corrected chi connectivity index (χ3v) is 8.89. The predicted octanol–water partition coefficient (Wildman–Crippen LogP) is 4.47. The molecule has 0 saturated carbocycles. The van der Waals surface area contributed by atoms with E-state index < -0.39 is 15.8 Å². The predicted molar refractivity (Wildman–Crippen MR) is 149 cm³/mol. The molecule has 0 unspecified atom stereocenters. The number of hydrogen-bond acceptors (Lipinski definition) is 8. The molecule has 1 aliphatic rings. The minimum Gasteiger partial charge on any atom is -0.493 e. The van der Waals surface area contributed by atoms with Crippen LogP contribution in [0.25, 0.3) is 10.4 Å². The zero-order valence-electron chi connectivity index (χ0n) is 21.0. The van der Waals surface area contributed by atoms with Crippen molar-refractivity contribution in [3.8, 4) is 21.9 Å². The highest BCUT2D eigenvalue weighted by Gasteiger charge is 2.32. The molecule has 2 heterocycles. The van der Waals surface area contributed by atoms with Crippen molar-refractivity contribution >= 4 is 50.3 Å². The van der Waals surface area contributed by atoms with Gasteiger partial charge >= 0.3 is 5.97 Å². The number of sulfone groups is 1. The summed E-state index contributed by atoms with van der Waals surface area (Å²) in [6.45, 7) is 2.11. The fraction of sp³-hybridized carbons (Fsp3) is 0.308. The van der Waals surface area contributed by atoms with Crippen LogP contribution in [0.3, 0.4) is 0 Å². The molecule has 3 N–H and O–H groups in total. The Kier molecular flexibility index (Phi) is 10.1. The number of benzene rings is 2. The van der Waals surface area contributed by atoms with Crippen LogP contribution in [0.4, 0.5) is 5.69 Å². The fourth-order valence-corrected chi connectivity index (χ4v) is 5.71. The summed E-state index contributed by atoms with van der Waals surface area (Å²) in [5, 5.41) is 8.28. The molecule has 1 aliphatic heterocycles. The number of amides is 1. The van der Waals surface area contributed by atoms with Gasteiger partial charge in [0, 0.05) is 27.4 Å². The molecule has 2 aromatic carbocycles. The Morgan fingerprint density at radius 1 is 1.16 bits per heavy atom. The van der Waals surface area contributed by atoms with Crippen LogP contribution in [0.2, 0.25) is 5.02 Å². The highest BCUT2D eigenvalue weighted by atomic mass is 35.5. The lowest BCUT2D eigenvalue weighted by Crippen LogP contribution is -2.23. The van der Waals surface area contributed by atoms with Crippen molar-refractivity contribution < 1.29 is 32.6 Å². The van der Waals surface area contributed by atoms with Crippen LogP contribution >= 0.6 is 22.9 Å². The van der Waals surface area contributed by atoms with E-state index in [2.05, 4.69) is 11.8 Å². The Hall–Kier alpha value is -3.12. The molecule has 12 heteroatoms. The lowest BCUT2D eigenvalue weighted by Gasteiger charge is -2.18. The molecule has 0 saturated heterocycles. The van der Waals surface area contributed by atoms with Gasteiger partial charge in [-0.1, -0.05) is 30.7 Å². The number of carbonyl (C=O) groups excluding carboxylic acids is 1. The smallest absolute Gasteiger partial charge is 0.317 e. The van der Waals surface area contributed by atoms with E-state index in [9.17, 15) is 18.0 Å². The summed E-state index contributed by atoms with van der Waals surface area (Å²) in [5.41, 5.74) is 7.32. The molecule has 0 radical (unpaired) electrons. The van der Waals surface area contributed by atoms with E-state index in [4.69, 9.17) is 26.2 Å². The maximum absolute atomic E-state index is 13.1. The van der Waals surface area contributed by atoms with E-state index in [0.29, 0.717) is 35.2 Å². The fourth-order valence-electron chi connectivity index (χ4n) is 3.61. The van der Waals surface area contributed by atoms with Gasteiger partial charge < -0.3 is 25.2 Å². The second kappa shape index (κ2) is 13.1. The van der Waals surface area contributed by atoms with Crippen LogP contribution in [0.5, 0.6) is 11.5 Å². The lowest BCUT2D eigenvalue weighted by molar-refractivity contribution is -0.135. The largest absolute Gasteiger partial charge is 0.493 e. The topological polar surface area (TPSA) is 136 Å². The minimum absolute atomic E-state index is 0.0456.